The van der Waals surface area contributed by atoms with Crippen molar-refractivity contribution >= 4 is 12.3 Å². The summed E-state index contributed by atoms with van der Waals surface area (Å²) < 4.78 is 0. The number of hydrogen-bond acceptors (Lipinski definition) is 4. The first-order chi connectivity index (χ1) is 11.3. The van der Waals surface area contributed by atoms with Crippen LogP contribution < -0.4 is 0 Å². The van der Waals surface area contributed by atoms with E-state index < -0.39 is 12.3 Å². The van der Waals surface area contributed by atoms with Crippen LogP contribution in [0.1, 0.15) is 11.1 Å². The minimum absolute atomic E-state index is 0.140. The molecule has 0 spiro atoms. The molecule has 8 heteroatoms. The fraction of sp³-hybridized carbons (Fsp3) is 0.125. The maximum Gasteiger partial charge on any atom is 0.503 e. The maximum atomic E-state index is 8.56. The lowest BCUT2D eigenvalue weighted by atomic mass is 10.2. The molecule has 0 aliphatic rings. The third kappa shape index (κ3) is 21.2. The van der Waals surface area contributed by atoms with Crippen molar-refractivity contribution in [3.8, 4) is 0 Å². The van der Waals surface area contributed by atoms with Crippen LogP contribution >= 0.6 is 0 Å². The summed E-state index contributed by atoms with van der Waals surface area (Å²) in [6.07, 6.45) is -3.67. The molecule has 0 saturated carbocycles. The minimum atomic E-state index is -1.83. The molecule has 24 heavy (non-hydrogen) atoms. The van der Waals surface area contributed by atoms with Gasteiger partial charge in [-0.3, -0.25) is 0 Å². The van der Waals surface area contributed by atoms with E-state index in [1.165, 1.54) is 0 Å². The van der Waals surface area contributed by atoms with Gasteiger partial charge in [-0.05, 0) is 11.1 Å². The Morgan fingerprint density at radius 1 is 0.583 bits per heavy atom. The van der Waals surface area contributed by atoms with Crippen molar-refractivity contribution in [1.82, 2.24) is 0 Å². The van der Waals surface area contributed by atoms with E-state index in [1.807, 2.05) is 60.7 Å². The van der Waals surface area contributed by atoms with Crippen molar-refractivity contribution in [2.45, 2.75) is 13.2 Å². The Bertz CT molecular complexity index is 483. The lowest BCUT2D eigenvalue weighted by Crippen LogP contribution is -1.81. The lowest BCUT2D eigenvalue weighted by molar-refractivity contribution is 0.135. The zero-order valence-corrected chi connectivity index (χ0v) is 12.7. The van der Waals surface area contributed by atoms with Crippen molar-refractivity contribution in [2.75, 3.05) is 0 Å². The summed E-state index contributed by atoms with van der Waals surface area (Å²) in [4.78, 5) is 17.1. The molecule has 2 aromatic rings. The van der Waals surface area contributed by atoms with Crippen LogP contribution in [0.3, 0.4) is 0 Å². The predicted molar refractivity (Wildman–Crippen MR) is 86.0 cm³/mol. The van der Waals surface area contributed by atoms with Gasteiger partial charge in [0.05, 0.1) is 13.2 Å². The molecule has 0 aliphatic carbocycles. The van der Waals surface area contributed by atoms with E-state index in [2.05, 4.69) is 0 Å². The van der Waals surface area contributed by atoms with Gasteiger partial charge in [-0.15, -0.1) is 0 Å². The highest BCUT2D eigenvalue weighted by atomic mass is 16.6. The first kappa shape index (κ1) is 23.2. The number of aliphatic hydroxyl groups is 2. The topological polar surface area (TPSA) is 156 Å². The average molecular weight is 340 g/mol. The average Bonchev–Trinajstić information content (AvgIpc) is 2.56. The summed E-state index contributed by atoms with van der Waals surface area (Å²) >= 11 is 0. The van der Waals surface area contributed by atoms with E-state index in [0.29, 0.717) is 0 Å². The molecule has 0 radical (unpaired) electrons. The van der Waals surface area contributed by atoms with Gasteiger partial charge < -0.3 is 30.6 Å². The summed E-state index contributed by atoms with van der Waals surface area (Å²) in [5, 5.41) is 45.0. The van der Waals surface area contributed by atoms with Gasteiger partial charge in [-0.25, -0.2) is 9.59 Å². The predicted octanol–water partition coefficient (Wildman–Crippen LogP) is 2.80. The highest BCUT2D eigenvalue weighted by Gasteiger charge is 1.81. The quantitative estimate of drug-likeness (QED) is 0.487. The van der Waals surface area contributed by atoms with Crippen LogP contribution in [0.5, 0.6) is 0 Å². The molecule has 0 atom stereocenters. The molecule has 0 unspecified atom stereocenters. The smallest absolute Gasteiger partial charge is 0.450 e. The van der Waals surface area contributed by atoms with E-state index in [0.717, 1.165) is 11.1 Å². The number of aliphatic hydroxyl groups excluding tert-OH is 2. The first-order valence-corrected chi connectivity index (χ1v) is 6.46. The summed E-state index contributed by atoms with van der Waals surface area (Å²) in [5.41, 5.74) is 1.93. The van der Waals surface area contributed by atoms with Crippen LogP contribution in [0.2, 0.25) is 0 Å². The molecule has 0 saturated heterocycles. The van der Waals surface area contributed by atoms with E-state index in [9.17, 15) is 0 Å². The number of carboxylic acid groups (broad SMARTS) is 4. The normalized spacial score (nSPS) is 8.08. The third-order valence-corrected chi connectivity index (χ3v) is 2.05. The van der Waals surface area contributed by atoms with Crippen molar-refractivity contribution in [3.63, 3.8) is 0 Å². The van der Waals surface area contributed by atoms with Gasteiger partial charge in [0.1, 0.15) is 0 Å². The van der Waals surface area contributed by atoms with Crippen LogP contribution in [0.25, 0.3) is 0 Å². The summed E-state index contributed by atoms with van der Waals surface area (Å²) in [6, 6.07) is 19.0. The maximum absolute atomic E-state index is 8.56. The summed E-state index contributed by atoms with van der Waals surface area (Å²) in [6.45, 7) is 0.279. The Morgan fingerprint density at radius 2 is 0.792 bits per heavy atom. The number of hydrogen-bond donors (Lipinski definition) is 6. The molecule has 2 rings (SSSR count). The molecule has 2 aromatic carbocycles. The number of benzene rings is 2. The Hall–Kier alpha value is -3.10. The largest absolute Gasteiger partial charge is 0.503 e. The Labute approximate surface area is 138 Å². The van der Waals surface area contributed by atoms with Gasteiger partial charge in [-0.2, -0.15) is 0 Å². The van der Waals surface area contributed by atoms with Crippen LogP contribution in [0.15, 0.2) is 60.7 Å². The molecule has 0 amide bonds. The lowest BCUT2D eigenvalue weighted by Gasteiger charge is -1.89. The monoisotopic (exact) mass is 340 g/mol. The van der Waals surface area contributed by atoms with E-state index in [1.54, 1.807) is 0 Å². The number of carbonyl (C=O) groups is 2. The van der Waals surface area contributed by atoms with Gasteiger partial charge in [0.25, 0.3) is 0 Å². The zero-order valence-electron chi connectivity index (χ0n) is 12.7. The summed E-state index contributed by atoms with van der Waals surface area (Å²) in [5.74, 6) is 0. The second-order valence-electron chi connectivity index (χ2n) is 3.85. The molecule has 132 valence electrons. The van der Waals surface area contributed by atoms with Crippen molar-refractivity contribution in [1.29, 1.82) is 0 Å². The molecular formula is C16H20O8. The van der Waals surface area contributed by atoms with Crippen LogP contribution in [-0.2, 0) is 13.2 Å². The fourth-order valence-electron chi connectivity index (χ4n) is 1.17. The standard InChI is InChI=1S/2C7H8O.2CH2O3/c2*8-6-7-4-2-1-3-5-7;2*2-1(3)4/h2*1-5,8H,6H2;2*(H2,2,3,4). The molecule has 6 N–H and O–H groups in total. The first-order valence-electron chi connectivity index (χ1n) is 6.46. The highest BCUT2D eigenvalue weighted by Crippen LogP contribution is 1.96. The van der Waals surface area contributed by atoms with E-state index in [4.69, 9.17) is 40.2 Å². The minimum Gasteiger partial charge on any atom is -0.450 e. The molecular weight excluding hydrogens is 320 g/mol. The molecule has 0 bridgehead atoms. The fourth-order valence-corrected chi connectivity index (χ4v) is 1.17. The SMILES string of the molecule is O=C(O)O.O=C(O)O.OCc1ccccc1.OCc1ccccc1. The Kier molecular flexibility index (Phi) is 15.7. The van der Waals surface area contributed by atoms with E-state index >= 15 is 0 Å². The summed E-state index contributed by atoms with van der Waals surface area (Å²) in [7, 11) is 0. The van der Waals surface area contributed by atoms with Gasteiger partial charge in [0.2, 0.25) is 0 Å². The zero-order chi connectivity index (χ0) is 18.8. The van der Waals surface area contributed by atoms with Gasteiger partial charge >= 0.3 is 12.3 Å². The van der Waals surface area contributed by atoms with Crippen molar-refractivity contribution < 1.29 is 40.2 Å². The second kappa shape index (κ2) is 16.3. The van der Waals surface area contributed by atoms with Gasteiger partial charge in [0.15, 0.2) is 0 Å². The van der Waals surface area contributed by atoms with Gasteiger partial charge in [-0.1, -0.05) is 60.7 Å². The van der Waals surface area contributed by atoms with Gasteiger partial charge in [0, 0.05) is 0 Å². The Balaban J connectivity index is 0. The third-order valence-electron chi connectivity index (χ3n) is 2.05. The van der Waals surface area contributed by atoms with Crippen LogP contribution in [0, 0.1) is 0 Å². The number of rotatable bonds is 2. The molecule has 0 fully saturated rings. The molecule has 0 heterocycles. The second-order valence-corrected chi connectivity index (χ2v) is 3.85. The van der Waals surface area contributed by atoms with Crippen molar-refractivity contribution in [3.05, 3.63) is 71.8 Å². The molecule has 8 nitrogen and oxygen atoms in total. The Morgan fingerprint density at radius 3 is 0.917 bits per heavy atom. The van der Waals surface area contributed by atoms with Crippen LogP contribution in [-0.4, -0.2) is 42.9 Å². The molecule has 0 aliphatic heterocycles. The highest BCUT2D eigenvalue weighted by molar-refractivity contribution is 5.53. The van der Waals surface area contributed by atoms with E-state index in [-0.39, 0.29) is 13.2 Å². The van der Waals surface area contributed by atoms with Crippen LogP contribution in [0.4, 0.5) is 9.59 Å². The molecule has 0 aromatic heterocycles. The van der Waals surface area contributed by atoms with Crippen molar-refractivity contribution in [2.24, 2.45) is 0 Å².